The van der Waals surface area contributed by atoms with Gasteiger partial charge in [-0.2, -0.15) is 0 Å². The van der Waals surface area contributed by atoms with E-state index in [-0.39, 0.29) is 12.5 Å². The number of methoxy groups -OCH3 is 2. The third kappa shape index (κ3) is 3.36. The number of carbonyl (C=O) groups excluding carboxylic acids is 2. The first-order chi connectivity index (χ1) is 9.04. The van der Waals surface area contributed by atoms with Crippen LogP contribution in [0.2, 0.25) is 0 Å². The fourth-order valence-electron chi connectivity index (χ4n) is 1.48. The Hall–Kier alpha value is -2.25. The lowest BCUT2D eigenvalue weighted by atomic mass is 10.1. The molecule has 0 spiro atoms. The van der Waals surface area contributed by atoms with Crippen LogP contribution in [-0.4, -0.2) is 38.0 Å². The van der Waals surface area contributed by atoms with Crippen molar-refractivity contribution in [1.82, 2.24) is 10.5 Å². The van der Waals surface area contributed by atoms with Crippen molar-refractivity contribution in [3.63, 3.8) is 0 Å². The first-order valence-electron chi connectivity index (χ1n) is 5.56. The van der Waals surface area contributed by atoms with Crippen LogP contribution in [0.3, 0.4) is 0 Å². The van der Waals surface area contributed by atoms with Gasteiger partial charge in [-0.1, -0.05) is 0 Å². The van der Waals surface area contributed by atoms with Gasteiger partial charge in [-0.25, -0.2) is 9.59 Å². The Kier molecular flexibility index (Phi) is 5.16. The summed E-state index contributed by atoms with van der Waals surface area (Å²) in [4.78, 5) is 23.2. The first-order valence-corrected chi connectivity index (χ1v) is 5.56. The first kappa shape index (κ1) is 14.8. The minimum Gasteiger partial charge on any atom is -0.479 e. The van der Waals surface area contributed by atoms with Crippen molar-refractivity contribution in [3.05, 3.63) is 11.3 Å². The number of esters is 1. The van der Waals surface area contributed by atoms with Gasteiger partial charge < -0.3 is 24.1 Å². The SMILES string of the molecule is CCOC(=O)C(NC(=O)OC)c1c(OC)noc1C. The van der Waals surface area contributed by atoms with E-state index in [2.05, 4.69) is 15.2 Å². The summed E-state index contributed by atoms with van der Waals surface area (Å²) in [5, 5.41) is 5.99. The highest BCUT2D eigenvalue weighted by atomic mass is 16.6. The summed E-state index contributed by atoms with van der Waals surface area (Å²) >= 11 is 0. The number of nitrogens with one attached hydrogen (secondary N) is 1. The molecule has 0 saturated carbocycles. The maximum absolute atomic E-state index is 11.9. The number of rotatable bonds is 5. The molecule has 0 aliphatic carbocycles. The zero-order valence-electron chi connectivity index (χ0n) is 11.2. The van der Waals surface area contributed by atoms with Gasteiger partial charge in [0.1, 0.15) is 5.76 Å². The maximum Gasteiger partial charge on any atom is 0.407 e. The lowest BCUT2D eigenvalue weighted by Crippen LogP contribution is -2.35. The van der Waals surface area contributed by atoms with Crippen LogP contribution in [0.15, 0.2) is 4.52 Å². The molecule has 8 heteroatoms. The van der Waals surface area contributed by atoms with Crippen molar-refractivity contribution in [2.75, 3.05) is 20.8 Å². The van der Waals surface area contributed by atoms with Crippen LogP contribution in [0.4, 0.5) is 4.79 Å². The Morgan fingerprint density at radius 2 is 2.11 bits per heavy atom. The second-order valence-electron chi connectivity index (χ2n) is 3.48. The number of ether oxygens (including phenoxy) is 3. The van der Waals surface area contributed by atoms with E-state index in [4.69, 9.17) is 14.0 Å². The third-order valence-electron chi connectivity index (χ3n) is 2.33. The summed E-state index contributed by atoms with van der Waals surface area (Å²) in [7, 11) is 2.57. The van der Waals surface area contributed by atoms with Crippen LogP contribution in [0.1, 0.15) is 24.3 Å². The van der Waals surface area contributed by atoms with E-state index in [1.807, 2.05) is 0 Å². The summed E-state index contributed by atoms with van der Waals surface area (Å²) in [6.07, 6.45) is -0.777. The zero-order valence-corrected chi connectivity index (χ0v) is 11.2. The molecule has 1 atom stereocenters. The molecule has 0 fully saturated rings. The third-order valence-corrected chi connectivity index (χ3v) is 2.33. The predicted molar refractivity (Wildman–Crippen MR) is 62.7 cm³/mol. The van der Waals surface area contributed by atoms with Crippen molar-refractivity contribution in [1.29, 1.82) is 0 Å². The summed E-state index contributed by atoms with van der Waals surface area (Å²) < 4.78 is 19.3. The van der Waals surface area contributed by atoms with E-state index in [1.165, 1.54) is 14.2 Å². The molecule has 1 amide bonds. The fourth-order valence-corrected chi connectivity index (χ4v) is 1.48. The number of amides is 1. The van der Waals surface area contributed by atoms with Gasteiger partial charge in [-0.3, -0.25) is 0 Å². The van der Waals surface area contributed by atoms with Gasteiger partial charge in [-0.15, -0.1) is 0 Å². The molecule has 8 nitrogen and oxygen atoms in total. The maximum atomic E-state index is 11.9. The number of alkyl carbamates (subject to hydrolysis) is 1. The van der Waals surface area contributed by atoms with Crippen molar-refractivity contribution in [2.24, 2.45) is 0 Å². The van der Waals surface area contributed by atoms with Gasteiger partial charge in [0.05, 0.1) is 26.4 Å². The summed E-state index contributed by atoms with van der Waals surface area (Å²) in [5.41, 5.74) is 0.298. The Morgan fingerprint density at radius 1 is 1.42 bits per heavy atom. The van der Waals surface area contributed by atoms with Gasteiger partial charge >= 0.3 is 12.1 Å². The quantitative estimate of drug-likeness (QED) is 0.796. The minimum atomic E-state index is -1.10. The second-order valence-corrected chi connectivity index (χ2v) is 3.48. The Balaban J connectivity index is 3.10. The van der Waals surface area contributed by atoms with Crippen LogP contribution in [-0.2, 0) is 14.3 Å². The van der Waals surface area contributed by atoms with E-state index in [1.54, 1.807) is 13.8 Å². The molecule has 0 aliphatic heterocycles. The smallest absolute Gasteiger partial charge is 0.407 e. The van der Waals surface area contributed by atoms with E-state index in [0.29, 0.717) is 11.3 Å². The van der Waals surface area contributed by atoms with Crippen molar-refractivity contribution >= 4 is 12.1 Å². The van der Waals surface area contributed by atoms with E-state index < -0.39 is 18.1 Å². The van der Waals surface area contributed by atoms with Crippen molar-refractivity contribution in [2.45, 2.75) is 19.9 Å². The molecule has 0 bridgehead atoms. The number of hydrogen-bond acceptors (Lipinski definition) is 7. The molecular weight excluding hydrogens is 256 g/mol. The molecule has 1 N–H and O–H groups in total. The molecule has 0 aromatic carbocycles. The normalized spacial score (nSPS) is 11.6. The molecule has 1 aromatic heterocycles. The van der Waals surface area contributed by atoms with Gasteiger partial charge in [-0.05, 0) is 19.0 Å². The molecular formula is C11H16N2O6. The van der Waals surface area contributed by atoms with Crippen LogP contribution in [0.25, 0.3) is 0 Å². The number of aromatic nitrogens is 1. The van der Waals surface area contributed by atoms with Crippen LogP contribution >= 0.6 is 0 Å². The van der Waals surface area contributed by atoms with E-state index >= 15 is 0 Å². The highest BCUT2D eigenvalue weighted by molar-refractivity contribution is 5.83. The molecule has 1 unspecified atom stereocenters. The second kappa shape index (κ2) is 6.62. The standard InChI is InChI=1S/C11H16N2O6/c1-5-18-10(14)8(12-11(15)17-4)7-6(2)19-13-9(7)16-3/h8H,5H2,1-4H3,(H,12,15). The summed E-state index contributed by atoms with van der Waals surface area (Å²) in [6.45, 7) is 3.42. The van der Waals surface area contributed by atoms with Gasteiger partial charge in [0.2, 0.25) is 0 Å². The average Bonchev–Trinajstić information content (AvgIpc) is 2.76. The molecule has 106 valence electrons. The van der Waals surface area contributed by atoms with Gasteiger partial charge in [0.25, 0.3) is 5.88 Å². The summed E-state index contributed by atoms with van der Waals surface area (Å²) in [6, 6.07) is -1.10. The molecule has 19 heavy (non-hydrogen) atoms. The number of nitrogens with zero attached hydrogens (tertiary/aromatic N) is 1. The molecule has 1 heterocycles. The van der Waals surface area contributed by atoms with Crippen molar-refractivity contribution in [3.8, 4) is 5.88 Å². The van der Waals surface area contributed by atoms with Crippen molar-refractivity contribution < 1.29 is 28.3 Å². The molecule has 0 radical (unpaired) electrons. The summed E-state index contributed by atoms with van der Waals surface area (Å²) in [5.74, 6) is -0.212. The number of carbonyl (C=O) groups is 2. The zero-order chi connectivity index (χ0) is 14.4. The lowest BCUT2D eigenvalue weighted by Gasteiger charge is -2.16. The van der Waals surface area contributed by atoms with E-state index in [9.17, 15) is 9.59 Å². The minimum absolute atomic E-state index is 0.104. The molecule has 0 saturated heterocycles. The van der Waals surface area contributed by atoms with Crippen LogP contribution < -0.4 is 10.1 Å². The van der Waals surface area contributed by atoms with E-state index in [0.717, 1.165) is 0 Å². The fraction of sp³-hybridized carbons (Fsp3) is 0.545. The lowest BCUT2D eigenvalue weighted by molar-refractivity contribution is -0.145. The highest BCUT2D eigenvalue weighted by Gasteiger charge is 2.32. The van der Waals surface area contributed by atoms with Gasteiger partial charge in [0.15, 0.2) is 6.04 Å². The number of aryl methyl sites for hydroxylation is 1. The Labute approximate surface area is 110 Å². The van der Waals surface area contributed by atoms with Gasteiger partial charge in [0, 0.05) is 0 Å². The average molecular weight is 272 g/mol. The molecule has 1 rings (SSSR count). The largest absolute Gasteiger partial charge is 0.479 e. The Bertz CT molecular complexity index is 456. The molecule has 0 aliphatic rings. The molecule has 1 aromatic rings. The van der Waals surface area contributed by atoms with Crippen LogP contribution in [0, 0.1) is 6.92 Å². The monoisotopic (exact) mass is 272 g/mol. The highest BCUT2D eigenvalue weighted by Crippen LogP contribution is 2.28. The topological polar surface area (TPSA) is 99.9 Å². The number of hydrogen-bond donors (Lipinski definition) is 1. The van der Waals surface area contributed by atoms with Crippen LogP contribution in [0.5, 0.6) is 5.88 Å². The predicted octanol–water partition coefficient (Wildman–Crippen LogP) is 0.952. The Morgan fingerprint density at radius 3 is 2.63 bits per heavy atom.